The number of rotatable bonds is 6. The summed E-state index contributed by atoms with van der Waals surface area (Å²) < 4.78 is 0. The molecule has 2 saturated heterocycles. The van der Waals surface area contributed by atoms with Crippen LogP contribution in [0.4, 0.5) is 4.79 Å². The highest BCUT2D eigenvalue weighted by atomic mass is 16.2. The van der Waals surface area contributed by atoms with Gasteiger partial charge in [0.25, 0.3) is 0 Å². The second-order valence-corrected chi connectivity index (χ2v) is 11.1. The lowest BCUT2D eigenvalue weighted by atomic mass is 9.89. The van der Waals surface area contributed by atoms with Crippen LogP contribution in [0, 0.1) is 11.8 Å². The van der Waals surface area contributed by atoms with Crippen molar-refractivity contribution in [3.63, 3.8) is 0 Å². The molecule has 2 aromatic rings. The summed E-state index contributed by atoms with van der Waals surface area (Å²) in [5.74, 6) is 0.490. The van der Waals surface area contributed by atoms with Gasteiger partial charge in [-0.1, -0.05) is 82.0 Å². The second-order valence-electron chi connectivity index (χ2n) is 11.1. The van der Waals surface area contributed by atoms with Crippen LogP contribution in [0.1, 0.15) is 64.4 Å². The lowest BCUT2D eigenvalue weighted by Crippen LogP contribution is -2.72. The molecule has 3 atom stereocenters. The number of hydrogen-bond acceptors (Lipinski definition) is 3. The van der Waals surface area contributed by atoms with Gasteiger partial charge in [-0.3, -0.25) is 9.59 Å². The first kappa shape index (κ1) is 25.6. The van der Waals surface area contributed by atoms with E-state index in [1.54, 1.807) is 4.90 Å². The van der Waals surface area contributed by atoms with Crippen LogP contribution in [-0.2, 0) is 16.1 Å². The molecule has 0 unspecified atom stereocenters. The van der Waals surface area contributed by atoms with Gasteiger partial charge in [-0.25, -0.2) is 4.79 Å². The van der Waals surface area contributed by atoms with Crippen molar-refractivity contribution in [2.24, 2.45) is 11.8 Å². The minimum Gasteiger partial charge on any atom is -0.338 e. The highest BCUT2D eigenvalue weighted by Crippen LogP contribution is 2.32. The van der Waals surface area contributed by atoms with Gasteiger partial charge in [0.05, 0.1) is 6.54 Å². The largest absolute Gasteiger partial charge is 0.338 e. The molecule has 1 N–H and O–H groups in total. The van der Waals surface area contributed by atoms with Crippen molar-refractivity contribution < 1.29 is 14.4 Å². The number of nitrogens with one attached hydrogen (secondary N) is 1. The maximum absolute atomic E-state index is 13.9. The molecule has 5 rings (SSSR count). The van der Waals surface area contributed by atoms with Crippen LogP contribution in [-0.4, -0.2) is 64.4 Å². The van der Waals surface area contributed by atoms with E-state index in [0.29, 0.717) is 32.1 Å². The molecule has 198 valence electrons. The highest BCUT2D eigenvalue weighted by Gasteiger charge is 2.50. The van der Waals surface area contributed by atoms with Gasteiger partial charge < -0.3 is 20.0 Å². The van der Waals surface area contributed by atoms with Crippen molar-refractivity contribution in [1.82, 2.24) is 20.0 Å². The van der Waals surface area contributed by atoms with Gasteiger partial charge in [-0.15, -0.1) is 0 Å². The van der Waals surface area contributed by atoms with Crippen molar-refractivity contribution in [2.75, 3.05) is 19.6 Å². The maximum Gasteiger partial charge on any atom is 0.319 e. The third-order valence-electron chi connectivity index (χ3n) is 8.74. The van der Waals surface area contributed by atoms with Crippen LogP contribution in [0.25, 0.3) is 10.8 Å². The molecule has 0 spiro atoms. The Balaban J connectivity index is 1.41. The van der Waals surface area contributed by atoms with E-state index in [0.717, 1.165) is 35.6 Å². The number of urea groups is 1. The van der Waals surface area contributed by atoms with E-state index in [2.05, 4.69) is 36.5 Å². The molecule has 0 bridgehead atoms. The molecular formula is C30H40N4O3. The number of hydrogen-bond donors (Lipinski definition) is 1. The van der Waals surface area contributed by atoms with Gasteiger partial charge in [0.1, 0.15) is 12.2 Å². The fourth-order valence-corrected chi connectivity index (χ4v) is 6.41. The molecule has 7 heteroatoms. The number of fused-ring (bicyclic) bond motifs is 2. The molecule has 3 aliphatic rings. The van der Waals surface area contributed by atoms with Crippen molar-refractivity contribution >= 4 is 28.6 Å². The van der Waals surface area contributed by atoms with E-state index in [1.807, 2.05) is 34.9 Å². The SMILES string of the molecule is CC[C@H](C)[C@H]1C(=O)N(Cc2cccc3ccccc23)C[C@@H]2N(C(=O)NCC3CCCCC3)CCC(=O)N12. The summed E-state index contributed by atoms with van der Waals surface area (Å²) in [5.41, 5.74) is 1.08. The minimum atomic E-state index is -0.555. The van der Waals surface area contributed by atoms with Gasteiger partial charge in [-0.05, 0) is 41.0 Å². The molecular weight excluding hydrogens is 464 g/mol. The molecule has 2 aliphatic heterocycles. The number of piperazine rings is 1. The van der Waals surface area contributed by atoms with Crippen molar-refractivity contribution in [2.45, 2.75) is 77.5 Å². The normalized spacial score (nSPS) is 23.8. The van der Waals surface area contributed by atoms with Crippen molar-refractivity contribution in [3.8, 4) is 0 Å². The molecule has 37 heavy (non-hydrogen) atoms. The molecule has 4 amide bonds. The van der Waals surface area contributed by atoms with Gasteiger partial charge in [0, 0.05) is 26.1 Å². The quantitative estimate of drug-likeness (QED) is 0.617. The molecule has 1 saturated carbocycles. The molecule has 0 radical (unpaired) electrons. The molecule has 2 heterocycles. The lowest BCUT2D eigenvalue weighted by Gasteiger charge is -2.53. The van der Waals surface area contributed by atoms with Crippen LogP contribution >= 0.6 is 0 Å². The second kappa shape index (κ2) is 11.1. The Hall–Kier alpha value is -3.09. The Morgan fingerprint density at radius 3 is 2.59 bits per heavy atom. The average Bonchev–Trinajstić information content (AvgIpc) is 2.93. The average molecular weight is 505 g/mol. The highest BCUT2D eigenvalue weighted by molar-refractivity contribution is 5.92. The maximum atomic E-state index is 13.9. The number of carbonyl (C=O) groups is 3. The number of carbonyl (C=O) groups excluding carboxylic acids is 3. The first-order valence-electron chi connectivity index (χ1n) is 14.1. The molecule has 1 aliphatic carbocycles. The van der Waals surface area contributed by atoms with Crippen molar-refractivity contribution in [3.05, 3.63) is 48.0 Å². The van der Waals surface area contributed by atoms with Crippen LogP contribution in [0.5, 0.6) is 0 Å². The first-order valence-corrected chi connectivity index (χ1v) is 14.1. The fourth-order valence-electron chi connectivity index (χ4n) is 6.41. The van der Waals surface area contributed by atoms with E-state index in [-0.39, 0.29) is 30.2 Å². The number of benzene rings is 2. The van der Waals surface area contributed by atoms with Crippen LogP contribution in [0.2, 0.25) is 0 Å². The Labute approximate surface area is 220 Å². The summed E-state index contributed by atoms with van der Waals surface area (Å²) in [5, 5.41) is 5.44. The minimum absolute atomic E-state index is 0.000447. The van der Waals surface area contributed by atoms with Gasteiger partial charge >= 0.3 is 6.03 Å². The third-order valence-corrected chi connectivity index (χ3v) is 8.74. The summed E-state index contributed by atoms with van der Waals surface area (Å²) in [4.78, 5) is 46.0. The topological polar surface area (TPSA) is 73.0 Å². The molecule has 0 aromatic heterocycles. The lowest BCUT2D eigenvalue weighted by molar-refractivity contribution is -0.170. The predicted octanol–water partition coefficient (Wildman–Crippen LogP) is 4.75. The number of nitrogens with zero attached hydrogens (tertiary/aromatic N) is 3. The predicted molar refractivity (Wildman–Crippen MR) is 145 cm³/mol. The smallest absolute Gasteiger partial charge is 0.319 e. The summed E-state index contributed by atoms with van der Waals surface area (Å²) >= 11 is 0. The van der Waals surface area contributed by atoms with Crippen molar-refractivity contribution in [1.29, 1.82) is 0 Å². The van der Waals surface area contributed by atoms with E-state index >= 15 is 0 Å². The van der Waals surface area contributed by atoms with Crippen LogP contribution in [0.3, 0.4) is 0 Å². The number of amides is 4. The zero-order valence-electron chi connectivity index (χ0n) is 22.2. The summed E-state index contributed by atoms with van der Waals surface area (Å²) in [6, 6.07) is 13.7. The molecule has 7 nitrogen and oxygen atoms in total. The monoisotopic (exact) mass is 504 g/mol. The summed E-state index contributed by atoms with van der Waals surface area (Å²) in [7, 11) is 0. The van der Waals surface area contributed by atoms with E-state index < -0.39 is 12.2 Å². The summed E-state index contributed by atoms with van der Waals surface area (Å²) in [6.07, 6.45) is 6.68. The van der Waals surface area contributed by atoms with Gasteiger partial charge in [0.15, 0.2) is 0 Å². The van der Waals surface area contributed by atoms with Gasteiger partial charge in [0.2, 0.25) is 11.8 Å². The molecule has 2 aromatic carbocycles. The Bertz CT molecular complexity index is 1140. The first-order chi connectivity index (χ1) is 18.0. The van der Waals surface area contributed by atoms with Crippen LogP contribution < -0.4 is 5.32 Å². The van der Waals surface area contributed by atoms with E-state index in [9.17, 15) is 14.4 Å². The van der Waals surface area contributed by atoms with E-state index in [4.69, 9.17) is 0 Å². The van der Waals surface area contributed by atoms with Crippen LogP contribution in [0.15, 0.2) is 42.5 Å². The summed E-state index contributed by atoms with van der Waals surface area (Å²) in [6.45, 7) is 5.96. The molecule has 3 fully saturated rings. The zero-order valence-corrected chi connectivity index (χ0v) is 22.2. The zero-order chi connectivity index (χ0) is 25.9. The van der Waals surface area contributed by atoms with E-state index in [1.165, 1.54) is 19.3 Å². The van der Waals surface area contributed by atoms with Gasteiger partial charge in [-0.2, -0.15) is 0 Å². The fraction of sp³-hybridized carbons (Fsp3) is 0.567. The third kappa shape index (κ3) is 5.18. The Morgan fingerprint density at radius 2 is 1.81 bits per heavy atom. The Morgan fingerprint density at radius 1 is 1.05 bits per heavy atom. The standard InChI is InChI=1S/C30H40N4O3/c1-3-21(2)28-29(36)32(19-24-14-9-13-23-12-7-8-15-25(23)24)20-26-33(17-16-27(35)34(26)28)30(37)31-18-22-10-5-4-6-11-22/h7-9,12-15,21-22,26,28H,3-6,10-11,16-20H2,1-2H3,(H,31,37)/t21-,26+,28-/m0/s1. The Kier molecular flexibility index (Phi) is 7.68.